The molecule has 0 aliphatic heterocycles. The molecule has 0 unspecified atom stereocenters. The highest BCUT2D eigenvalue weighted by Crippen LogP contribution is 2.22. The third kappa shape index (κ3) is 3.60. The largest absolute Gasteiger partial charge is 0.496 e. The van der Waals surface area contributed by atoms with Crippen LogP contribution in [0.4, 0.5) is 0 Å². The average Bonchev–Trinajstić information content (AvgIpc) is 2.96. The van der Waals surface area contributed by atoms with Gasteiger partial charge in [-0.3, -0.25) is 4.79 Å². The van der Waals surface area contributed by atoms with Crippen molar-refractivity contribution < 1.29 is 9.53 Å². The molecule has 0 bridgehead atoms. The van der Waals surface area contributed by atoms with Crippen LogP contribution in [-0.2, 0) is 0 Å². The number of aromatic nitrogens is 2. The average molecular weight is 369 g/mol. The number of halogens is 1. The maximum Gasteiger partial charge on any atom is 0.275 e. The molecule has 0 fully saturated rings. The van der Waals surface area contributed by atoms with Gasteiger partial charge in [-0.15, -0.1) is 0 Å². The number of carbonyl (C=O) groups is 1. The molecule has 0 aliphatic rings. The molecule has 2 aromatic carbocycles. The number of benzene rings is 2. The Balaban J connectivity index is 1.79. The number of hydrogen-bond donors (Lipinski definition) is 1. The van der Waals surface area contributed by atoms with Crippen LogP contribution in [0, 0.1) is 6.92 Å². The van der Waals surface area contributed by atoms with Gasteiger partial charge in [0.15, 0.2) is 0 Å². The number of nitrogens with one attached hydrogen (secondary N) is 1. The van der Waals surface area contributed by atoms with Crippen LogP contribution in [0.5, 0.6) is 5.75 Å². The second-order valence-corrected chi connectivity index (χ2v) is 5.79. The van der Waals surface area contributed by atoms with Gasteiger partial charge in [0.1, 0.15) is 10.9 Å². The fourth-order valence-corrected chi connectivity index (χ4v) is 2.77. The fourth-order valence-electron chi connectivity index (χ4n) is 2.45. The van der Waals surface area contributed by atoms with Crippen LogP contribution in [0.3, 0.4) is 0 Å². The Kier molecular flexibility index (Phi) is 5.34. The summed E-state index contributed by atoms with van der Waals surface area (Å²) in [6.07, 6.45) is 1.48. The van der Waals surface area contributed by atoms with E-state index < -0.39 is 0 Å². The van der Waals surface area contributed by atoms with Crippen LogP contribution in [0.25, 0.3) is 5.69 Å². The molecule has 1 aromatic heterocycles. The van der Waals surface area contributed by atoms with Gasteiger partial charge in [-0.1, -0.05) is 41.9 Å². The molecule has 3 aromatic rings. The summed E-state index contributed by atoms with van der Waals surface area (Å²) in [5.41, 5.74) is 5.06. The van der Waals surface area contributed by atoms with Crippen LogP contribution in [-0.4, -0.2) is 29.0 Å². The number of rotatable bonds is 5. The van der Waals surface area contributed by atoms with Gasteiger partial charge in [-0.2, -0.15) is 10.2 Å². The minimum Gasteiger partial charge on any atom is -0.496 e. The highest BCUT2D eigenvalue weighted by atomic mass is 35.5. The minimum atomic E-state index is -0.372. The summed E-state index contributed by atoms with van der Waals surface area (Å²) in [6.45, 7) is 1.83. The second-order valence-electron chi connectivity index (χ2n) is 5.44. The van der Waals surface area contributed by atoms with Gasteiger partial charge >= 0.3 is 0 Å². The van der Waals surface area contributed by atoms with Crippen molar-refractivity contribution in [3.05, 3.63) is 76.6 Å². The SMILES string of the molecule is COc1ccccc1C(=O)N/N=C\c1c(C)nn(-c2ccccc2)c1Cl. The quantitative estimate of drug-likeness (QED) is 0.552. The lowest BCUT2D eigenvalue weighted by Crippen LogP contribution is -2.18. The van der Waals surface area contributed by atoms with Crippen LogP contribution in [0.1, 0.15) is 21.6 Å². The zero-order valence-corrected chi connectivity index (χ0v) is 15.1. The zero-order chi connectivity index (χ0) is 18.5. The Labute approximate surface area is 156 Å². The van der Waals surface area contributed by atoms with E-state index >= 15 is 0 Å². The molecule has 6 nitrogen and oxygen atoms in total. The van der Waals surface area contributed by atoms with E-state index in [-0.39, 0.29) is 5.91 Å². The topological polar surface area (TPSA) is 68.5 Å². The summed E-state index contributed by atoms with van der Waals surface area (Å²) >= 11 is 6.42. The normalized spacial score (nSPS) is 10.9. The number of nitrogens with zero attached hydrogens (tertiary/aromatic N) is 3. The van der Waals surface area contributed by atoms with Crippen LogP contribution < -0.4 is 10.2 Å². The van der Waals surface area contributed by atoms with Gasteiger partial charge in [0.25, 0.3) is 5.91 Å². The van der Waals surface area contributed by atoms with E-state index in [1.165, 1.54) is 13.3 Å². The molecule has 26 heavy (non-hydrogen) atoms. The van der Waals surface area contributed by atoms with E-state index in [4.69, 9.17) is 16.3 Å². The van der Waals surface area contributed by atoms with Crippen molar-refractivity contribution in [2.75, 3.05) is 7.11 Å². The lowest BCUT2D eigenvalue weighted by Gasteiger charge is -2.05. The highest BCUT2D eigenvalue weighted by molar-refractivity contribution is 6.32. The van der Waals surface area contributed by atoms with E-state index in [0.29, 0.717) is 27.7 Å². The number of hydrazone groups is 1. The van der Waals surface area contributed by atoms with Gasteiger partial charge in [0, 0.05) is 0 Å². The maximum atomic E-state index is 12.3. The van der Waals surface area contributed by atoms with Crippen molar-refractivity contribution in [1.82, 2.24) is 15.2 Å². The van der Waals surface area contributed by atoms with E-state index in [1.54, 1.807) is 28.9 Å². The van der Waals surface area contributed by atoms with E-state index in [2.05, 4.69) is 15.6 Å². The standard InChI is InChI=1S/C19H17ClN4O2/c1-13-16(18(20)24(23-13)14-8-4-3-5-9-14)12-21-22-19(25)15-10-6-7-11-17(15)26-2/h3-12H,1-2H3,(H,22,25)/b21-12-. The lowest BCUT2D eigenvalue weighted by atomic mass is 10.2. The summed E-state index contributed by atoms with van der Waals surface area (Å²) in [5.74, 6) is 0.106. The summed E-state index contributed by atoms with van der Waals surface area (Å²) < 4.78 is 6.80. The molecule has 0 saturated carbocycles. The van der Waals surface area contributed by atoms with Crippen LogP contribution >= 0.6 is 11.6 Å². The number of amides is 1. The number of hydrogen-bond acceptors (Lipinski definition) is 4. The number of aryl methyl sites for hydroxylation is 1. The fraction of sp³-hybridized carbons (Fsp3) is 0.105. The minimum absolute atomic E-state index is 0.372. The summed E-state index contributed by atoms with van der Waals surface area (Å²) in [5, 5.41) is 8.85. The van der Waals surface area contributed by atoms with Gasteiger partial charge in [0.2, 0.25) is 0 Å². The molecule has 0 radical (unpaired) electrons. The monoisotopic (exact) mass is 368 g/mol. The molecule has 1 amide bonds. The predicted octanol–water partition coefficient (Wildman–Crippen LogP) is 3.61. The van der Waals surface area contributed by atoms with Gasteiger partial charge in [0.05, 0.1) is 35.8 Å². The van der Waals surface area contributed by atoms with E-state index in [0.717, 1.165) is 5.69 Å². The summed E-state index contributed by atoms with van der Waals surface area (Å²) in [4.78, 5) is 12.3. The Morgan fingerprint density at radius 1 is 1.19 bits per heavy atom. The third-order valence-electron chi connectivity index (χ3n) is 3.76. The van der Waals surface area contributed by atoms with Crippen LogP contribution in [0.15, 0.2) is 59.7 Å². The predicted molar refractivity (Wildman–Crippen MR) is 101 cm³/mol. The third-order valence-corrected chi connectivity index (χ3v) is 4.12. The first kappa shape index (κ1) is 17.7. The molecule has 132 valence electrons. The van der Waals surface area contributed by atoms with E-state index in [9.17, 15) is 4.79 Å². The van der Waals surface area contributed by atoms with Gasteiger partial charge in [-0.25, -0.2) is 10.1 Å². The Morgan fingerprint density at radius 3 is 2.62 bits per heavy atom. The Bertz CT molecular complexity index is 951. The molecule has 0 aliphatic carbocycles. The first-order chi connectivity index (χ1) is 12.6. The van der Waals surface area contributed by atoms with Crippen LogP contribution in [0.2, 0.25) is 5.15 Å². The van der Waals surface area contributed by atoms with Crippen molar-refractivity contribution in [3.8, 4) is 11.4 Å². The van der Waals surface area contributed by atoms with Gasteiger partial charge < -0.3 is 4.74 Å². The first-order valence-electron chi connectivity index (χ1n) is 7.88. The molecular weight excluding hydrogens is 352 g/mol. The van der Waals surface area contributed by atoms with E-state index in [1.807, 2.05) is 37.3 Å². The first-order valence-corrected chi connectivity index (χ1v) is 8.26. The molecule has 3 rings (SSSR count). The highest BCUT2D eigenvalue weighted by Gasteiger charge is 2.14. The summed E-state index contributed by atoms with van der Waals surface area (Å²) in [6, 6.07) is 16.5. The van der Waals surface area contributed by atoms with Crippen molar-refractivity contribution in [3.63, 3.8) is 0 Å². The Hall–Kier alpha value is -3.12. The lowest BCUT2D eigenvalue weighted by molar-refractivity contribution is 0.0952. The second kappa shape index (κ2) is 7.84. The molecule has 0 saturated heterocycles. The number of para-hydroxylation sites is 2. The summed E-state index contributed by atoms with van der Waals surface area (Å²) in [7, 11) is 1.51. The van der Waals surface area contributed by atoms with Crippen molar-refractivity contribution >= 4 is 23.7 Å². The van der Waals surface area contributed by atoms with Crippen molar-refractivity contribution in [1.29, 1.82) is 0 Å². The Morgan fingerprint density at radius 2 is 1.88 bits per heavy atom. The van der Waals surface area contributed by atoms with Crippen molar-refractivity contribution in [2.45, 2.75) is 6.92 Å². The molecule has 7 heteroatoms. The number of methoxy groups -OCH3 is 1. The smallest absolute Gasteiger partial charge is 0.275 e. The molecule has 1 heterocycles. The molecule has 0 atom stereocenters. The maximum absolute atomic E-state index is 12.3. The van der Waals surface area contributed by atoms with Gasteiger partial charge in [-0.05, 0) is 31.2 Å². The van der Waals surface area contributed by atoms with Crippen molar-refractivity contribution in [2.24, 2.45) is 5.10 Å². The molecular formula is C19H17ClN4O2. The number of carbonyl (C=O) groups excluding carboxylic acids is 1. The molecule has 1 N–H and O–H groups in total. The number of ether oxygens (including phenoxy) is 1. The molecule has 0 spiro atoms. The zero-order valence-electron chi connectivity index (χ0n) is 14.3.